The number of hydrogen-bond donors (Lipinski definition) is 3. The lowest BCUT2D eigenvalue weighted by Gasteiger charge is -2.69. The fourth-order valence-corrected chi connectivity index (χ4v) is 9.31. The van der Waals surface area contributed by atoms with E-state index in [0.717, 1.165) is 32.2 Å². The van der Waals surface area contributed by atoms with E-state index in [1.165, 1.54) is 5.57 Å². The van der Waals surface area contributed by atoms with E-state index < -0.39 is 34.6 Å². The van der Waals surface area contributed by atoms with Crippen LogP contribution in [-0.4, -0.2) is 60.1 Å². The normalized spacial score (nSPS) is 41.4. The SMILES string of the molecule is CC(C)C1=CC23CCC4C(C)(C(=O)O)CCCC4(C)C2CC1C(C(=O)NCCCN(C)C)C3C(=O)O. The minimum atomic E-state index is -0.879. The highest BCUT2D eigenvalue weighted by molar-refractivity contribution is 5.87. The molecule has 5 rings (SSSR count). The summed E-state index contributed by atoms with van der Waals surface area (Å²) < 4.78 is 0. The zero-order valence-corrected chi connectivity index (χ0v) is 23.0. The highest BCUT2D eigenvalue weighted by atomic mass is 16.4. The van der Waals surface area contributed by atoms with E-state index in [1.807, 2.05) is 21.0 Å². The average molecular weight is 503 g/mol. The van der Waals surface area contributed by atoms with E-state index in [-0.39, 0.29) is 35.0 Å². The van der Waals surface area contributed by atoms with Gasteiger partial charge in [-0.15, -0.1) is 0 Å². The lowest BCUT2D eigenvalue weighted by Crippen LogP contribution is -2.67. The Morgan fingerprint density at radius 3 is 2.39 bits per heavy atom. The first-order valence-corrected chi connectivity index (χ1v) is 13.9. The van der Waals surface area contributed by atoms with Gasteiger partial charge in [0, 0.05) is 12.0 Å². The van der Waals surface area contributed by atoms with Crippen molar-refractivity contribution in [1.29, 1.82) is 0 Å². The van der Waals surface area contributed by atoms with Gasteiger partial charge in [0.1, 0.15) is 0 Å². The zero-order valence-electron chi connectivity index (χ0n) is 23.0. The Bertz CT molecular complexity index is 944. The van der Waals surface area contributed by atoms with E-state index in [9.17, 15) is 24.6 Å². The predicted octanol–water partition coefficient (Wildman–Crippen LogP) is 4.28. The number of hydrogen-bond acceptors (Lipinski definition) is 4. The van der Waals surface area contributed by atoms with Gasteiger partial charge >= 0.3 is 11.9 Å². The second-order valence-electron chi connectivity index (χ2n) is 13.3. The van der Waals surface area contributed by atoms with E-state index in [1.54, 1.807) is 0 Å². The predicted molar refractivity (Wildman–Crippen MR) is 138 cm³/mol. The number of carbonyl (C=O) groups excluding carboxylic acids is 1. The molecule has 0 aromatic carbocycles. The topological polar surface area (TPSA) is 107 Å². The first kappa shape index (κ1) is 27.2. The van der Waals surface area contributed by atoms with Crippen molar-refractivity contribution < 1.29 is 24.6 Å². The fourth-order valence-electron chi connectivity index (χ4n) is 9.31. The second-order valence-corrected chi connectivity index (χ2v) is 13.3. The summed E-state index contributed by atoms with van der Waals surface area (Å²) in [5.74, 6) is -2.84. The summed E-state index contributed by atoms with van der Waals surface area (Å²) in [7, 11) is 4.00. The number of carboxylic acids is 2. The maximum atomic E-state index is 13.6. The van der Waals surface area contributed by atoms with Gasteiger partial charge in [-0.05, 0) is 95.2 Å². The number of carboxylic acid groups (broad SMARTS) is 2. The molecule has 0 aromatic heterocycles. The summed E-state index contributed by atoms with van der Waals surface area (Å²) in [5, 5.41) is 24.0. The lowest BCUT2D eigenvalue weighted by molar-refractivity contribution is -0.204. The number of nitrogens with one attached hydrogen (secondary N) is 1. The van der Waals surface area contributed by atoms with Crippen molar-refractivity contribution in [3.63, 3.8) is 0 Å². The summed E-state index contributed by atoms with van der Waals surface area (Å²) in [6.45, 7) is 9.85. The van der Waals surface area contributed by atoms with E-state index in [0.29, 0.717) is 25.8 Å². The number of amides is 1. The summed E-state index contributed by atoms with van der Waals surface area (Å²) in [4.78, 5) is 41.2. The fraction of sp³-hybridized carbons (Fsp3) is 0.828. The summed E-state index contributed by atoms with van der Waals surface area (Å²) in [5.41, 5.74) is -0.399. The highest BCUT2D eigenvalue weighted by Gasteiger charge is 2.70. The molecule has 3 saturated carbocycles. The van der Waals surface area contributed by atoms with Gasteiger partial charge in [0.05, 0.1) is 17.3 Å². The molecule has 202 valence electrons. The number of aliphatic carboxylic acids is 2. The zero-order chi connectivity index (χ0) is 26.6. The minimum absolute atomic E-state index is 0.0230. The molecule has 5 aliphatic rings. The third-order valence-corrected chi connectivity index (χ3v) is 10.8. The van der Waals surface area contributed by atoms with Crippen LogP contribution in [0.5, 0.6) is 0 Å². The maximum Gasteiger partial charge on any atom is 0.309 e. The van der Waals surface area contributed by atoms with Crippen LogP contribution in [0, 0.1) is 51.8 Å². The third-order valence-electron chi connectivity index (χ3n) is 10.8. The van der Waals surface area contributed by atoms with Crippen LogP contribution in [0.2, 0.25) is 0 Å². The molecule has 5 aliphatic carbocycles. The molecule has 36 heavy (non-hydrogen) atoms. The number of fused-ring (bicyclic) bond motifs is 2. The van der Waals surface area contributed by atoms with Crippen molar-refractivity contribution in [2.24, 2.45) is 51.8 Å². The molecule has 3 N–H and O–H groups in total. The minimum Gasteiger partial charge on any atom is -0.481 e. The van der Waals surface area contributed by atoms with Gasteiger partial charge in [-0.1, -0.05) is 38.8 Å². The van der Waals surface area contributed by atoms with Gasteiger partial charge in [0.25, 0.3) is 0 Å². The monoisotopic (exact) mass is 502 g/mol. The van der Waals surface area contributed by atoms with Crippen molar-refractivity contribution in [2.75, 3.05) is 27.2 Å². The van der Waals surface area contributed by atoms with E-state index in [4.69, 9.17) is 0 Å². The summed E-state index contributed by atoms with van der Waals surface area (Å²) in [6.07, 6.45) is 7.68. The van der Waals surface area contributed by atoms with Crippen molar-refractivity contribution in [3.8, 4) is 0 Å². The number of rotatable bonds is 8. The Labute approximate surface area is 216 Å². The van der Waals surface area contributed by atoms with Crippen LogP contribution in [0.25, 0.3) is 0 Å². The Kier molecular flexibility index (Phi) is 7.13. The molecule has 0 radical (unpaired) electrons. The van der Waals surface area contributed by atoms with Crippen LogP contribution in [0.1, 0.15) is 72.6 Å². The Morgan fingerprint density at radius 1 is 1.11 bits per heavy atom. The Hall–Kier alpha value is -1.89. The van der Waals surface area contributed by atoms with Crippen LogP contribution < -0.4 is 5.32 Å². The molecule has 0 aromatic rings. The van der Waals surface area contributed by atoms with Gasteiger partial charge in [0.2, 0.25) is 5.91 Å². The number of nitrogens with zero attached hydrogens (tertiary/aromatic N) is 1. The van der Waals surface area contributed by atoms with E-state index in [2.05, 4.69) is 37.1 Å². The molecule has 8 unspecified atom stereocenters. The van der Waals surface area contributed by atoms with Gasteiger partial charge in [-0.2, -0.15) is 0 Å². The van der Waals surface area contributed by atoms with Gasteiger partial charge < -0.3 is 20.4 Å². The Morgan fingerprint density at radius 2 is 1.81 bits per heavy atom. The van der Waals surface area contributed by atoms with Crippen LogP contribution in [-0.2, 0) is 14.4 Å². The number of carbonyl (C=O) groups is 3. The molecule has 7 nitrogen and oxygen atoms in total. The molecule has 0 heterocycles. The molecular weight excluding hydrogens is 456 g/mol. The van der Waals surface area contributed by atoms with Crippen LogP contribution in [0.3, 0.4) is 0 Å². The van der Waals surface area contributed by atoms with Crippen molar-refractivity contribution in [1.82, 2.24) is 10.2 Å². The van der Waals surface area contributed by atoms with Crippen LogP contribution >= 0.6 is 0 Å². The van der Waals surface area contributed by atoms with Crippen LogP contribution in [0.4, 0.5) is 0 Å². The van der Waals surface area contributed by atoms with Crippen molar-refractivity contribution >= 4 is 17.8 Å². The van der Waals surface area contributed by atoms with Crippen molar-refractivity contribution in [3.05, 3.63) is 11.6 Å². The smallest absolute Gasteiger partial charge is 0.309 e. The van der Waals surface area contributed by atoms with Gasteiger partial charge in [-0.25, -0.2) is 0 Å². The van der Waals surface area contributed by atoms with Crippen LogP contribution in [0.15, 0.2) is 11.6 Å². The van der Waals surface area contributed by atoms with Crippen molar-refractivity contribution in [2.45, 2.75) is 72.6 Å². The molecule has 8 atom stereocenters. The largest absolute Gasteiger partial charge is 0.481 e. The van der Waals surface area contributed by atoms with Gasteiger partial charge in [-0.3, -0.25) is 14.4 Å². The number of allylic oxidation sites excluding steroid dienone is 2. The molecular formula is C29H46N2O5. The molecule has 1 amide bonds. The molecule has 0 aliphatic heterocycles. The molecule has 1 spiro atoms. The highest BCUT2D eigenvalue weighted by Crippen LogP contribution is 2.73. The standard InChI is InChI=1S/C29H46N2O5/c1-17(2)19-16-29-12-9-20-27(3,10-7-11-28(20,4)26(35)36)21(29)15-18(19)22(23(29)25(33)34)24(32)30-13-8-14-31(5)6/h16-18,20-23H,7-15H2,1-6H3,(H,30,32)(H,33,34)(H,35,36). The summed E-state index contributed by atoms with van der Waals surface area (Å²) >= 11 is 0. The first-order chi connectivity index (χ1) is 16.8. The lowest BCUT2D eigenvalue weighted by atomic mass is 9.34. The average Bonchev–Trinajstić information content (AvgIpc) is 2.79. The molecule has 2 bridgehead atoms. The Balaban J connectivity index is 1.74. The third kappa shape index (κ3) is 4.00. The first-order valence-electron chi connectivity index (χ1n) is 13.9. The van der Waals surface area contributed by atoms with E-state index >= 15 is 0 Å². The van der Waals surface area contributed by atoms with Gasteiger partial charge in [0.15, 0.2) is 0 Å². The summed E-state index contributed by atoms with van der Waals surface area (Å²) in [6, 6.07) is 0. The molecule has 0 saturated heterocycles. The second kappa shape index (κ2) is 9.45. The molecule has 7 heteroatoms. The molecule has 3 fully saturated rings. The maximum absolute atomic E-state index is 13.6. The quantitative estimate of drug-likeness (QED) is 0.338.